The third kappa shape index (κ3) is 2.10. The second kappa shape index (κ2) is 4.67. The molecule has 0 saturated carbocycles. The van der Waals surface area contributed by atoms with Crippen LogP contribution < -0.4 is 4.74 Å². The van der Waals surface area contributed by atoms with Gasteiger partial charge in [-0.25, -0.2) is 4.98 Å². The molecule has 1 aromatic carbocycles. The number of aromatic nitrogens is 2. The zero-order chi connectivity index (χ0) is 11.5. The molecule has 0 atom stereocenters. The van der Waals surface area contributed by atoms with Gasteiger partial charge in [0.05, 0.1) is 19.0 Å². The summed E-state index contributed by atoms with van der Waals surface area (Å²) in [6.45, 7) is -0.101. The average molecular weight is 283 g/mol. The van der Waals surface area contributed by atoms with Crippen LogP contribution >= 0.6 is 15.9 Å². The summed E-state index contributed by atoms with van der Waals surface area (Å²) in [4.78, 5) is 7.06. The van der Waals surface area contributed by atoms with E-state index < -0.39 is 0 Å². The van der Waals surface area contributed by atoms with Gasteiger partial charge in [-0.1, -0.05) is 15.9 Å². The van der Waals surface area contributed by atoms with E-state index in [4.69, 9.17) is 9.84 Å². The summed E-state index contributed by atoms with van der Waals surface area (Å²) < 4.78 is 6.23. The number of aliphatic hydroxyl groups is 1. The second-order valence-electron chi connectivity index (χ2n) is 3.25. The number of aromatic amines is 1. The Morgan fingerprint density at radius 2 is 2.31 bits per heavy atom. The summed E-state index contributed by atoms with van der Waals surface area (Å²) in [6, 6.07) is 5.72. The van der Waals surface area contributed by atoms with Gasteiger partial charge in [-0.05, 0) is 18.2 Å². The van der Waals surface area contributed by atoms with Gasteiger partial charge in [0.2, 0.25) is 0 Å². The molecule has 4 nitrogen and oxygen atoms in total. The zero-order valence-electron chi connectivity index (χ0n) is 8.70. The zero-order valence-corrected chi connectivity index (χ0v) is 10.3. The van der Waals surface area contributed by atoms with Crippen molar-refractivity contribution in [2.24, 2.45) is 0 Å². The number of methoxy groups -OCH3 is 1. The molecule has 0 amide bonds. The van der Waals surface area contributed by atoms with E-state index in [1.165, 1.54) is 0 Å². The molecule has 0 aliphatic heterocycles. The third-order valence-corrected chi connectivity index (χ3v) is 2.72. The highest BCUT2D eigenvalue weighted by atomic mass is 79.9. The van der Waals surface area contributed by atoms with Gasteiger partial charge in [0.25, 0.3) is 0 Å². The van der Waals surface area contributed by atoms with Crippen LogP contribution in [0.1, 0.15) is 5.82 Å². The average Bonchev–Trinajstić information content (AvgIpc) is 2.77. The number of H-pyrrole nitrogens is 1. The molecule has 2 rings (SSSR count). The van der Waals surface area contributed by atoms with Crippen molar-refractivity contribution in [3.05, 3.63) is 34.7 Å². The van der Waals surface area contributed by atoms with Gasteiger partial charge in [-0.15, -0.1) is 0 Å². The Kier molecular flexibility index (Phi) is 3.26. The number of nitrogens with zero attached hydrogens (tertiary/aromatic N) is 1. The summed E-state index contributed by atoms with van der Waals surface area (Å²) in [6.07, 6.45) is 1.68. The predicted molar refractivity (Wildman–Crippen MR) is 64.2 cm³/mol. The molecule has 1 heterocycles. The van der Waals surface area contributed by atoms with Crippen molar-refractivity contribution in [1.82, 2.24) is 9.97 Å². The first kappa shape index (κ1) is 11.2. The van der Waals surface area contributed by atoms with Crippen LogP contribution in [0.4, 0.5) is 0 Å². The van der Waals surface area contributed by atoms with Gasteiger partial charge >= 0.3 is 0 Å². The number of nitrogens with one attached hydrogen (secondary N) is 1. The number of rotatable bonds is 3. The largest absolute Gasteiger partial charge is 0.496 e. The van der Waals surface area contributed by atoms with Gasteiger partial charge in [-0.3, -0.25) is 0 Å². The van der Waals surface area contributed by atoms with Crippen molar-refractivity contribution < 1.29 is 9.84 Å². The van der Waals surface area contributed by atoms with Crippen LogP contribution in [0.2, 0.25) is 0 Å². The first-order valence-electron chi connectivity index (χ1n) is 4.73. The van der Waals surface area contributed by atoms with E-state index in [0.717, 1.165) is 21.5 Å². The SMILES string of the molecule is COc1ccc(Br)cc1-c1cnc(CO)[nH]1. The fraction of sp³-hybridized carbons (Fsp3) is 0.182. The topological polar surface area (TPSA) is 58.1 Å². The molecule has 0 bridgehead atoms. The molecule has 0 aliphatic carbocycles. The minimum Gasteiger partial charge on any atom is -0.496 e. The Hall–Kier alpha value is -1.33. The van der Waals surface area contributed by atoms with Crippen molar-refractivity contribution in [2.45, 2.75) is 6.61 Å². The maximum Gasteiger partial charge on any atom is 0.132 e. The maximum absolute atomic E-state index is 8.94. The Morgan fingerprint density at radius 1 is 1.50 bits per heavy atom. The van der Waals surface area contributed by atoms with E-state index in [1.54, 1.807) is 13.3 Å². The lowest BCUT2D eigenvalue weighted by molar-refractivity contribution is 0.272. The molecule has 0 aliphatic rings. The molecule has 2 aromatic rings. The van der Waals surface area contributed by atoms with Crippen molar-refractivity contribution >= 4 is 15.9 Å². The lowest BCUT2D eigenvalue weighted by atomic mass is 10.1. The van der Waals surface area contributed by atoms with Gasteiger partial charge < -0.3 is 14.8 Å². The molecule has 1 aromatic heterocycles. The Bertz CT molecular complexity index is 496. The number of aliphatic hydroxyl groups excluding tert-OH is 1. The van der Waals surface area contributed by atoms with E-state index >= 15 is 0 Å². The molecule has 0 spiro atoms. The third-order valence-electron chi connectivity index (χ3n) is 2.23. The van der Waals surface area contributed by atoms with E-state index in [0.29, 0.717) is 5.82 Å². The summed E-state index contributed by atoms with van der Waals surface area (Å²) in [5.41, 5.74) is 1.73. The molecular formula is C11H11BrN2O2. The summed E-state index contributed by atoms with van der Waals surface area (Å²) in [7, 11) is 1.62. The first-order chi connectivity index (χ1) is 7.74. The fourth-order valence-electron chi connectivity index (χ4n) is 1.47. The Balaban J connectivity index is 2.49. The Labute approximate surface area is 101 Å². The number of hydrogen-bond donors (Lipinski definition) is 2. The summed E-state index contributed by atoms with van der Waals surface area (Å²) in [5.74, 6) is 1.30. The normalized spacial score (nSPS) is 10.4. The minimum atomic E-state index is -0.101. The van der Waals surface area contributed by atoms with Crippen molar-refractivity contribution in [2.75, 3.05) is 7.11 Å². The molecule has 2 N–H and O–H groups in total. The van der Waals surface area contributed by atoms with E-state index in [1.807, 2.05) is 18.2 Å². The van der Waals surface area contributed by atoms with Gasteiger partial charge in [0.15, 0.2) is 0 Å². The number of ether oxygens (including phenoxy) is 1. The summed E-state index contributed by atoms with van der Waals surface area (Å²) in [5, 5.41) is 8.94. The Morgan fingerprint density at radius 3 is 2.94 bits per heavy atom. The molecule has 0 fully saturated rings. The van der Waals surface area contributed by atoms with Crippen LogP contribution in [-0.2, 0) is 6.61 Å². The van der Waals surface area contributed by atoms with Gasteiger partial charge in [0.1, 0.15) is 18.2 Å². The number of benzene rings is 1. The fourth-order valence-corrected chi connectivity index (χ4v) is 1.83. The molecule has 0 saturated heterocycles. The molecule has 0 unspecified atom stereocenters. The van der Waals surface area contributed by atoms with Crippen molar-refractivity contribution in [3.63, 3.8) is 0 Å². The van der Waals surface area contributed by atoms with Crippen molar-refractivity contribution in [1.29, 1.82) is 0 Å². The molecule has 16 heavy (non-hydrogen) atoms. The number of hydrogen-bond acceptors (Lipinski definition) is 3. The predicted octanol–water partition coefficient (Wildman–Crippen LogP) is 2.34. The van der Waals surface area contributed by atoms with E-state index in [9.17, 15) is 0 Å². The van der Waals surface area contributed by atoms with Crippen LogP contribution in [-0.4, -0.2) is 22.2 Å². The number of halogens is 1. The highest BCUT2D eigenvalue weighted by molar-refractivity contribution is 9.10. The lowest BCUT2D eigenvalue weighted by Gasteiger charge is -2.06. The van der Waals surface area contributed by atoms with Crippen LogP contribution in [0.15, 0.2) is 28.9 Å². The maximum atomic E-state index is 8.94. The molecular weight excluding hydrogens is 272 g/mol. The lowest BCUT2D eigenvalue weighted by Crippen LogP contribution is -1.89. The highest BCUT2D eigenvalue weighted by Gasteiger charge is 2.09. The quantitative estimate of drug-likeness (QED) is 0.909. The van der Waals surface area contributed by atoms with Crippen LogP contribution in [0.5, 0.6) is 5.75 Å². The smallest absolute Gasteiger partial charge is 0.132 e. The van der Waals surface area contributed by atoms with Crippen LogP contribution in [0, 0.1) is 0 Å². The molecule has 5 heteroatoms. The summed E-state index contributed by atoms with van der Waals surface area (Å²) >= 11 is 3.41. The first-order valence-corrected chi connectivity index (χ1v) is 5.52. The molecule has 84 valence electrons. The van der Waals surface area contributed by atoms with Crippen molar-refractivity contribution in [3.8, 4) is 17.0 Å². The van der Waals surface area contributed by atoms with Crippen LogP contribution in [0.25, 0.3) is 11.3 Å². The van der Waals surface area contributed by atoms with Gasteiger partial charge in [-0.2, -0.15) is 0 Å². The number of imidazole rings is 1. The second-order valence-corrected chi connectivity index (χ2v) is 4.16. The highest BCUT2D eigenvalue weighted by Crippen LogP contribution is 2.31. The van der Waals surface area contributed by atoms with Crippen LogP contribution in [0.3, 0.4) is 0 Å². The van der Waals surface area contributed by atoms with E-state index in [-0.39, 0.29) is 6.61 Å². The standard InChI is InChI=1S/C11H11BrN2O2/c1-16-10-3-2-7(12)4-8(10)9-5-13-11(6-15)14-9/h2-5,15H,6H2,1H3,(H,13,14). The van der Waals surface area contributed by atoms with E-state index in [2.05, 4.69) is 25.9 Å². The minimum absolute atomic E-state index is 0.101. The molecule has 0 radical (unpaired) electrons. The van der Waals surface area contributed by atoms with Gasteiger partial charge in [0, 0.05) is 10.0 Å². The monoisotopic (exact) mass is 282 g/mol.